The fraction of sp³-hybridized carbons (Fsp3) is 0.588. The summed E-state index contributed by atoms with van der Waals surface area (Å²) < 4.78 is 6.31. The highest BCUT2D eigenvalue weighted by molar-refractivity contribution is 5.73. The predicted molar refractivity (Wildman–Crippen MR) is 80.8 cm³/mol. The monoisotopic (exact) mass is 289 g/mol. The van der Waals surface area contributed by atoms with Crippen molar-refractivity contribution in [3.05, 3.63) is 29.3 Å². The maximum absolute atomic E-state index is 11.1. The summed E-state index contributed by atoms with van der Waals surface area (Å²) in [4.78, 5) is 13.2. The molecule has 2 aliphatic rings. The number of hydrogen-bond acceptors (Lipinski definition) is 3. The number of benzene rings is 1. The van der Waals surface area contributed by atoms with Crippen molar-refractivity contribution in [3.63, 3.8) is 0 Å². The predicted octanol–water partition coefficient (Wildman–Crippen LogP) is 2.49. The van der Waals surface area contributed by atoms with E-state index in [1.165, 1.54) is 11.1 Å². The first-order valence-electron chi connectivity index (χ1n) is 7.81. The molecule has 0 radical (unpaired) electrons. The highest BCUT2D eigenvalue weighted by atomic mass is 16.5. The van der Waals surface area contributed by atoms with E-state index in [0.29, 0.717) is 0 Å². The van der Waals surface area contributed by atoms with Crippen LogP contribution in [0.3, 0.4) is 0 Å². The van der Waals surface area contributed by atoms with Crippen LogP contribution in [0.5, 0.6) is 5.75 Å². The topological polar surface area (TPSA) is 49.8 Å². The second kappa shape index (κ2) is 5.34. The van der Waals surface area contributed by atoms with Crippen molar-refractivity contribution < 1.29 is 14.6 Å². The maximum atomic E-state index is 11.1. The van der Waals surface area contributed by atoms with Crippen molar-refractivity contribution in [2.45, 2.75) is 51.2 Å². The van der Waals surface area contributed by atoms with Crippen LogP contribution in [0.15, 0.2) is 18.2 Å². The molecule has 0 aromatic heterocycles. The largest absolute Gasteiger partial charge is 0.486 e. The number of aryl methyl sites for hydroxylation is 2. The van der Waals surface area contributed by atoms with Crippen LogP contribution in [0.4, 0.5) is 0 Å². The summed E-state index contributed by atoms with van der Waals surface area (Å²) in [6, 6.07) is 6.02. The van der Waals surface area contributed by atoms with E-state index in [2.05, 4.69) is 25.1 Å². The summed E-state index contributed by atoms with van der Waals surface area (Å²) in [5.74, 6) is 0.235. The lowest BCUT2D eigenvalue weighted by molar-refractivity contribution is -0.142. The summed E-state index contributed by atoms with van der Waals surface area (Å²) in [5, 5.41) is 9.16. The summed E-state index contributed by atoms with van der Waals surface area (Å²) in [7, 11) is 0. The van der Waals surface area contributed by atoms with E-state index in [0.717, 1.165) is 44.5 Å². The molecule has 1 aromatic carbocycles. The Kier molecular flexibility index (Phi) is 3.66. The average Bonchev–Trinajstić information content (AvgIpc) is 2.89. The van der Waals surface area contributed by atoms with Gasteiger partial charge in [-0.25, -0.2) is 0 Å². The van der Waals surface area contributed by atoms with Gasteiger partial charge in [-0.1, -0.05) is 19.1 Å². The molecule has 0 aliphatic carbocycles. The number of ether oxygens (including phenoxy) is 1. The molecule has 2 atom stereocenters. The van der Waals surface area contributed by atoms with Gasteiger partial charge in [0.05, 0.1) is 0 Å². The van der Waals surface area contributed by atoms with Crippen molar-refractivity contribution in [3.8, 4) is 5.75 Å². The second-order valence-electron chi connectivity index (χ2n) is 6.32. The van der Waals surface area contributed by atoms with Crippen LogP contribution >= 0.6 is 0 Å². The van der Waals surface area contributed by atoms with E-state index in [4.69, 9.17) is 9.84 Å². The summed E-state index contributed by atoms with van der Waals surface area (Å²) in [5.41, 5.74) is 2.45. The van der Waals surface area contributed by atoms with Crippen LogP contribution in [-0.4, -0.2) is 40.7 Å². The molecule has 2 heterocycles. The van der Waals surface area contributed by atoms with E-state index in [9.17, 15) is 4.79 Å². The lowest BCUT2D eigenvalue weighted by Gasteiger charge is -2.36. The number of nitrogens with zero attached hydrogens (tertiary/aromatic N) is 1. The molecule has 0 saturated carbocycles. The number of carbonyl (C=O) groups is 1. The van der Waals surface area contributed by atoms with Gasteiger partial charge in [0.25, 0.3) is 0 Å². The summed E-state index contributed by atoms with van der Waals surface area (Å²) in [6.07, 6.45) is 3.97. The normalized spacial score (nSPS) is 26.4. The first-order valence-corrected chi connectivity index (χ1v) is 7.81. The Labute approximate surface area is 125 Å². The smallest absolute Gasteiger partial charge is 0.320 e. The van der Waals surface area contributed by atoms with Crippen molar-refractivity contribution in [1.82, 2.24) is 4.90 Å². The van der Waals surface area contributed by atoms with Gasteiger partial charge in [0.2, 0.25) is 0 Å². The second-order valence-corrected chi connectivity index (χ2v) is 6.32. The molecule has 1 saturated heterocycles. The third kappa shape index (κ3) is 2.64. The molecular formula is C17H23NO3. The number of hydrogen-bond donors (Lipinski definition) is 1. The van der Waals surface area contributed by atoms with Crippen LogP contribution in [0.1, 0.15) is 37.8 Å². The van der Waals surface area contributed by atoms with Crippen LogP contribution < -0.4 is 4.74 Å². The van der Waals surface area contributed by atoms with Crippen molar-refractivity contribution in [2.75, 3.05) is 13.1 Å². The molecule has 4 heteroatoms. The van der Waals surface area contributed by atoms with Gasteiger partial charge in [0.1, 0.15) is 17.4 Å². The van der Waals surface area contributed by atoms with Crippen LogP contribution in [0.25, 0.3) is 0 Å². The van der Waals surface area contributed by atoms with Gasteiger partial charge in [-0.05, 0) is 43.4 Å². The first-order chi connectivity index (χ1) is 10.0. The molecule has 2 unspecified atom stereocenters. The van der Waals surface area contributed by atoms with E-state index in [1.54, 1.807) is 6.92 Å². The quantitative estimate of drug-likeness (QED) is 0.929. The summed E-state index contributed by atoms with van der Waals surface area (Å²) in [6.45, 7) is 5.44. The minimum atomic E-state index is -0.754. The van der Waals surface area contributed by atoms with Gasteiger partial charge >= 0.3 is 5.97 Å². The maximum Gasteiger partial charge on any atom is 0.320 e. The lowest BCUT2D eigenvalue weighted by Crippen LogP contribution is -2.45. The van der Waals surface area contributed by atoms with E-state index in [1.807, 2.05) is 4.90 Å². The Hall–Kier alpha value is -1.55. The van der Waals surface area contributed by atoms with Crippen molar-refractivity contribution in [1.29, 1.82) is 0 Å². The zero-order chi connectivity index (χ0) is 15.0. The number of likely N-dealkylation sites (tertiary alicyclic amines) is 1. The molecule has 1 fully saturated rings. The minimum absolute atomic E-state index is 0.190. The van der Waals surface area contributed by atoms with Crippen LogP contribution in [0, 0.1) is 0 Å². The first kappa shape index (κ1) is 14.4. The van der Waals surface area contributed by atoms with Crippen LogP contribution in [0.2, 0.25) is 0 Å². The Bertz CT molecular complexity index is 557. The fourth-order valence-corrected chi connectivity index (χ4v) is 3.44. The molecule has 4 nitrogen and oxygen atoms in total. The Morgan fingerprint density at radius 1 is 1.48 bits per heavy atom. The van der Waals surface area contributed by atoms with Gasteiger partial charge in [-0.2, -0.15) is 0 Å². The molecule has 1 spiro atoms. The Morgan fingerprint density at radius 2 is 2.29 bits per heavy atom. The third-order valence-corrected chi connectivity index (χ3v) is 4.96. The Balaban J connectivity index is 1.76. The summed E-state index contributed by atoms with van der Waals surface area (Å²) >= 11 is 0. The molecule has 114 valence electrons. The number of rotatable bonds is 3. The molecule has 1 aromatic rings. The number of aliphatic carboxylic acids is 1. The van der Waals surface area contributed by atoms with Gasteiger partial charge < -0.3 is 9.84 Å². The molecule has 3 rings (SSSR count). The standard InChI is InChI=1S/C17H23NO3/c1-3-13-4-5-15-14(10-13)6-7-17(21-15)8-9-18(11-17)12(2)16(19)20/h4-5,10,12H,3,6-9,11H2,1-2H3,(H,19,20). The molecular weight excluding hydrogens is 266 g/mol. The highest BCUT2D eigenvalue weighted by Crippen LogP contribution is 2.39. The minimum Gasteiger partial charge on any atom is -0.486 e. The van der Waals surface area contributed by atoms with Crippen LogP contribution in [-0.2, 0) is 17.6 Å². The van der Waals surface area contributed by atoms with Crippen molar-refractivity contribution in [2.24, 2.45) is 0 Å². The third-order valence-electron chi connectivity index (χ3n) is 4.96. The number of carboxylic acids is 1. The van der Waals surface area contributed by atoms with Gasteiger partial charge in [-0.3, -0.25) is 9.69 Å². The highest BCUT2D eigenvalue weighted by Gasteiger charge is 2.44. The number of carboxylic acid groups (broad SMARTS) is 1. The van der Waals surface area contributed by atoms with E-state index >= 15 is 0 Å². The fourth-order valence-electron chi connectivity index (χ4n) is 3.44. The van der Waals surface area contributed by atoms with E-state index < -0.39 is 12.0 Å². The van der Waals surface area contributed by atoms with Gasteiger partial charge in [0, 0.05) is 19.5 Å². The zero-order valence-electron chi connectivity index (χ0n) is 12.8. The van der Waals surface area contributed by atoms with Crippen molar-refractivity contribution >= 4 is 5.97 Å². The Morgan fingerprint density at radius 3 is 3.00 bits per heavy atom. The SMILES string of the molecule is CCc1ccc2c(c1)CCC1(CCN(C(C)C(=O)O)C1)O2. The average molecular weight is 289 g/mol. The molecule has 1 N–H and O–H groups in total. The lowest BCUT2D eigenvalue weighted by atomic mass is 9.89. The van der Waals surface area contributed by atoms with Gasteiger partial charge in [-0.15, -0.1) is 0 Å². The molecule has 2 aliphatic heterocycles. The van der Waals surface area contributed by atoms with E-state index in [-0.39, 0.29) is 5.60 Å². The molecule has 21 heavy (non-hydrogen) atoms. The van der Waals surface area contributed by atoms with Gasteiger partial charge in [0.15, 0.2) is 0 Å². The molecule has 0 amide bonds. The zero-order valence-corrected chi connectivity index (χ0v) is 12.8. The number of fused-ring (bicyclic) bond motifs is 1. The molecule has 0 bridgehead atoms.